The number of rotatable bonds is 4. The van der Waals surface area contributed by atoms with Crippen molar-refractivity contribution in [2.45, 2.75) is 51.6 Å². The number of carbonyl (C=O) groups is 1. The molecule has 1 spiro atoms. The number of ether oxygens (including phenoxy) is 1. The SMILES string of the molecule is CCCN1CCC2(CC1)CN(C(=O)c1csc(C(C)C)n1)CCO2. The van der Waals surface area contributed by atoms with Crippen molar-refractivity contribution in [1.29, 1.82) is 0 Å². The van der Waals surface area contributed by atoms with Gasteiger partial charge in [-0.05, 0) is 25.8 Å². The van der Waals surface area contributed by atoms with Crippen LogP contribution in [-0.4, -0.2) is 65.6 Å². The van der Waals surface area contributed by atoms with Crippen LogP contribution in [0.4, 0.5) is 0 Å². The van der Waals surface area contributed by atoms with Gasteiger partial charge >= 0.3 is 0 Å². The Bertz CT molecular complexity index is 564. The van der Waals surface area contributed by atoms with Gasteiger partial charge in [0.15, 0.2) is 0 Å². The Labute approximate surface area is 149 Å². The first-order valence-corrected chi connectivity index (χ1v) is 10.0. The maximum absolute atomic E-state index is 12.8. The molecule has 134 valence electrons. The fraction of sp³-hybridized carbons (Fsp3) is 0.778. The van der Waals surface area contributed by atoms with Gasteiger partial charge in [-0.3, -0.25) is 4.79 Å². The lowest BCUT2D eigenvalue weighted by Gasteiger charge is -2.47. The molecule has 3 rings (SSSR count). The molecular weight excluding hydrogens is 322 g/mol. The molecule has 1 aromatic rings. The number of nitrogens with zero attached hydrogens (tertiary/aromatic N) is 3. The minimum absolute atomic E-state index is 0.0665. The van der Waals surface area contributed by atoms with E-state index >= 15 is 0 Å². The molecule has 6 heteroatoms. The van der Waals surface area contributed by atoms with Crippen LogP contribution in [-0.2, 0) is 4.74 Å². The molecule has 0 atom stereocenters. The highest BCUT2D eigenvalue weighted by Crippen LogP contribution is 2.31. The molecule has 2 fully saturated rings. The van der Waals surface area contributed by atoms with Gasteiger partial charge in [-0.15, -0.1) is 11.3 Å². The van der Waals surface area contributed by atoms with Crippen molar-refractivity contribution < 1.29 is 9.53 Å². The van der Waals surface area contributed by atoms with Crippen LogP contribution in [0.25, 0.3) is 0 Å². The molecule has 0 saturated carbocycles. The lowest BCUT2D eigenvalue weighted by atomic mass is 9.89. The zero-order valence-corrected chi connectivity index (χ0v) is 15.9. The summed E-state index contributed by atoms with van der Waals surface area (Å²) in [4.78, 5) is 21.8. The maximum atomic E-state index is 12.8. The van der Waals surface area contributed by atoms with Crippen LogP contribution < -0.4 is 0 Å². The van der Waals surface area contributed by atoms with E-state index in [-0.39, 0.29) is 11.5 Å². The predicted molar refractivity (Wildman–Crippen MR) is 96.8 cm³/mol. The molecule has 0 N–H and O–H groups in total. The van der Waals surface area contributed by atoms with E-state index in [1.54, 1.807) is 11.3 Å². The van der Waals surface area contributed by atoms with Gasteiger partial charge in [0.1, 0.15) is 5.69 Å². The van der Waals surface area contributed by atoms with Gasteiger partial charge in [-0.1, -0.05) is 20.8 Å². The number of aromatic nitrogens is 1. The molecule has 1 aromatic heterocycles. The van der Waals surface area contributed by atoms with Crippen molar-refractivity contribution in [3.63, 3.8) is 0 Å². The minimum atomic E-state index is -0.144. The van der Waals surface area contributed by atoms with Crippen LogP contribution in [0.3, 0.4) is 0 Å². The largest absolute Gasteiger partial charge is 0.371 e. The van der Waals surface area contributed by atoms with E-state index in [0.717, 1.165) is 37.5 Å². The third kappa shape index (κ3) is 3.81. The first-order chi connectivity index (χ1) is 11.5. The van der Waals surface area contributed by atoms with Crippen LogP contribution in [0.1, 0.15) is 61.4 Å². The summed E-state index contributed by atoms with van der Waals surface area (Å²) in [6.07, 6.45) is 3.23. The Morgan fingerprint density at radius 1 is 1.38 bits per heavy atom. The highest BCUT2D eigenvalue weighted by molar-refractivity contribution is 7.09. The zero-order chi connectivity index (χ0) is 17.2. The Hall–Kier alpha value is -0.980. The molecule has 2 aliphatic heterocycles. The molecule has 0 aliphatic carbocycles. The smallest absolute Gasteiger partial charge is 0.273 e. The van der Waals surface area contributed by atoms with Gasteiger partial charge in [0.25, 0.3) is 5.91 Å². The molecule has 2 saturated heterocycles. The standard InChI is InChI=1S/C18H29N3O2S/c1-4-7-20-8-5-18(6-9-20)13-21(10-11-23-18)17(22)15-12-24-16(19-15)14(2)3/h12,14H,4-11,13H2,1-3H3. The summed E-state index contributed by atoms with van der Waals surface area (Å²) < 4.78 is 6.15. The Morgan fingerprint density at radius 3 is 2.75 bits per heavy atom. The van der Waals surface area contributed by atoms with Gasteiger partial charge in [0.05, 0.1) is 23.8 Å². The van der Waals surface area contributed by atoms with Gasteiger partial charge in [0, 0.05) is 30.9 Å². The summed E-state index contributed by atoms with van der Waals surface area (Å²) in [5.41, 5.74) is 0.457. The van der Waals surface area contributed by atoms with Gasteiger partial charge in [-0.25, -0.2) is 4.98 Å². The Balaban J connectivity index is 1.64. The van der Waals surface area contributed by atoms with Crippen molar-refractivity contribution >= 4 is 17.2 Å². The van der Waals surface area contributed by atoms with Crippen LogP contribution in [0, 0.1) is 0 Å². The fourth-order valence-corrected chi connectivity index (χ4v) is 4.44. The second kappa shape index (κ2) is 7.50. The monoisotopic (exact) mass is 351 g/mol. The number of hydrogen-bond donors (Lipinski definition) is 0. The first kappa shape index (κ1) is 17.8. The van der Waals surface area contributed by atoms with Crippen molar-refractivity contribution in [2.24, 2.45) is 0 Å². The number of hydrogen-bond acceptors (Lipinski definition) is 5. The predicted octanol–water partition coefficient (Wildman–Crippen LogP) is 2.98. The molecule has 24 heavy (non-hydrogen) atoms. The molecule has 0 radical (unpaired) electrons. The van der Waals surface area contributed by atoms with E-state index in [0.29, 0.717) is 31.3 Å². The van der Waals surface area contributed by atoms with Crippen molar-refractivity contribution in [3.05, 3.63) is 16.1 Å². The van der Waals surface area contributed by atoms with Crippen LogP contribution in [0.2, 0.25) is 0 Å². The van der Waals surface area contributed by atoms with Gasteiger partial charge in [-0.2, -0.15) is 0 Å². The summed E-state index contributed by atoms with van der Waals surface area (Å²) in [7, 11) is 0. The van der Waals surface area contributed by atoms with Crippen LogP contribution in [0.5, 0.6) is 0 Å². The quantitative estimate of drug-likeness (QED) is 0.837. The maximum Gasteiger partial charge on any atom is 0.273 e. The summed E-state index contributed by atoms with van der Waals surface area (Å²) >= 11 is 1.59. The topological polar surface area (TPSA) is 45.7 Å². The third-order valence-corrected chi connectivity index (χ3v) is 6.22. The summed E-state index contributed by atoms with van der Waals surface area (Å²) in [5, 5.41) is 2.94. The molecule has 0 aromatic carbocycles. The second-order valence-electron chi connectivity index (χ2n) is 7.33. The van der Waals surface area contributed by atoms with Crippen molar-refractivity contribution in [1.82, 2.24) is 14.8 Å². The van der Waals surface area contributed by atoms with Crippen molar-refractivity contribution in [3.8, 4) is 0 Å². The van der Waals surface area contributed by atoms with Gasteiger partial charge < -0.3 is 14.5 Å². The zero-order valence-electron chi connectivity index (χ0n) is 15.1. The number of morpholine rings is 1. The number of likely N-dealkylation sites (tertiary alicyclic amines) is 1. The van der Waals surface area contributed by atoms with E-state index in [2.05, 4.69) is 30.7 Å². The molecule has 2 aliphatic rings. The third-order valence-electron chi connectivity index (χ3n) is 5.08. The van der Waals surface area contributed by atoms with E-state index < -0.39 is 0 Å². The van der Waals surface area contributed by atoms with Crippen molar-refractivity contribution in [2.75, 3.05) is 39.3 Å². The average Bonchev–Trinajstić information content (AvgIpc) is 3.07. The lowest BCUT2D eigenvalue weighted by molar-refractivity contribution is -0.127. The highest BCUT2D eigenvalue weighted by Gasteiger charge is 2.41. The molecule has 3 heterocycles. The molecule has 0 bridgehead atoms. The Kier molecular flexibility index (Phi) is 5.57. The fourth-order valence-electron chi connectivity index (χ4n) is 3.63. The lowest BCUT2D eigenvalue weighted by Crippen LogP contribution is -2.58. The molecular formula is C18H29N3O2S. The number of piperidine rings is 1. The van der Waals surface area contributed by atoms with E-state index in [1.807, 2.05) is 10.3 Å². The Morgan fingerprint density at radius 2 is 2.12 bits per heavy atom. The van der Waals surface area contributed by atoms with E-state index in [4.69, 9.17) is 4.74 Å². The number of amides is 1. The normalized spacial score (nSPS) is 21.6. The van der Waals surface area contributed by atoms with Gasteiger partial charge in [0.2, 0.25) is 0 Å². The number of carbonyl (C=O) groups excluding carboxylic acids is 1. The summed E-state index contributed by atoms with van der Waals surface area (Å²) in [5.74, 6) is 0.437. The van der Waals surface area contributed by atoms with Crippen LogP contribution >= 0.6 is 11.3 Å². The first-order valence-electron chi connectivity index (χ1n) is 9.14. The summed E-state index contributed by atoms with van der Waals surface area (Å²) in [6.45, 7) is 11.8. The molecule has 5 nitrogen and oxygen atoms in total. The molecule has 0 unspecified atom stereocenters. The molecule has 1 amide bonds. The summed E-state index contributed by atoms with van der Waals surface area (Å²) in [6, 6.07) is 0. The average molecular weight is 352 g/mol. The van der Waals surface area contributed by atoms with E-state index in [9.17, 15) is 4.79 Å². The highest BCUT2D eigenvalue weighted by atomic mass is 32.1. The minimum Gasteiger partial charge on any atom is -0.371 e. The van der Waals surface area contributed by atoms with Crippen LogP contribution in [0.15, 0.2) is 5.38 Å². The second-order valence-corrected chi connectivity index (χ2v) is 8.22. The van der Waals surface area contributed by atoms with E-state index in [1.165, 1.54) is 6.42 Å². The number of thiazole rings is 1.